The van der Waals surface area contributed by atoms with E-state index < -0.39 is 4.92 Å². The third-order valence-electron chi connectivity index (χ3n) is 5.26. The fraction of sp³-hybridized carbons (Fsp3) is 0.333. The monoisotopic (exact) mass is 366 g/mol. The van der Waals surface area contributed by atoms with Crippen LogP contribution in [0.1, 0.15) is 43.4 Å². The van der Waals surface area contributed by atoms with E-state index in [4.69, 9.17) is 4.74 Å². The van der Waals surface area contributed by atoms with Crippen LogP contribution in [0.2, 0.25) is 0 Å². The highest BCUT2D eigenvalue weighted by atomic mass is 16.6. The number of nitrogens with zero attached hydrogens (tertiary/aromatic N) is 1. The zero-order valence-corrected chi connectivity index (χ0v) is 15.3. The molecule has 0 aromatic heterocycles. The lowest BCUT2D eigenvalue weighted by molar-refractivity contribution is -0.385. The molecule has 0 spiro atoms. The van der Waals surface area contributed by atoms with E-state index in [1.165, 1.54) is 18.2 Å². The number of phenols is 1. The van der Waals surface area contributed by atoms with Crippen molar-refractivity contribution >= 4 is 11.4 Å². The summed E-state index contributed by atoms with van der Waals surface area (Å²) in [4.78, 5) is 10.7. The summed E-state index contributed by atoms with van der Waals surface area (Å²) in [5, 5.41) is 25.0. The Bertz CT molecular complexity index is 922. The second-order valence-corrected chi connectivity index (χ2v) is 7.39. The van der Waals surface area contributed by atoms with Crippen molar-refractivity contribution in [1.29, 1.82) is 0 Å². The Kier molecular flexibility index (Phi) is 4.26. The highest BCUT2D eigenvalue weighted by molar-refractivity contribution is 5.63. The Morgan fingerprint density at radius 1 is 1.22 bits per heavy atom. The lowest BCUT2D eigenvalue weighted by atomic mass is 9.76. The average molecular weight is 366 g/mol. The molecular formula is C21H22N2O4. The summed E-state index contributed by atoms with van der Waals surface area (Å²) < 4.78 is 5.83. The number of phenolic OH excluding ortho intramolecular Hbond substituents is 1. The highest BCUT2D eigenvalue weighted by Crippen LogP contribution is 2.52. The lowest BCUT2D eigenvalue weighted by Gasteiger charge is -2.37. The van der Waals surface area contributed by atoms with Crippen LogP contribution in [0.3, 0.4) is 0 Å². The molecule has 4 rings (SSSR count). The van der Waals surface area contributed by atoms with Gasteiger partial charge in [0.1, 0.15) is 11.5 Å². The van der Waals surface area contributed by atoms with Gasteiger partial charge < -0.3 is 15.2 Å². The van der Waals surface area contributed by atoms with Gasteiger partial charge in [0.05, 0.1) is 17.1 Å². The molecule has 2 N–H and O–H groups in total. The molecule has 27 heavy (non-hydrogen) atoms. The van der Waals surface area contributed by atoms with Gasteiger partial charge in [0.15, 0.2) is 0 Å². The van der Waals surface area contributed by atoms with Crippen LogP contribution in [0, 0.1) is 16.0 Å². The molecule has 3 unspecified atom stereocenters. The summed E-state index contributed by atoms with van der Waals surface area (Å²) in [5.74, 6) is 1.27. The molecule has 1 aliphatic heterocycles. The summed E-state index contributed by atoms with van der Waals surface area (Å²) in [6, 6.07) is 9.99. The molecule has 6 heteroatoms. The number of hydrogen-bond donors (Lipinski definition) is 2. The molecule has 1 heterocycles. The van der Waals surface area contributed by atoms with Gasteiger partial charge in [-0.05, 0) is 56.0 Å². The fourth-order valence-corrected chi connectivity index (χ4v) is 4.13. The number of fused-ring (bicyclic) bond motifs is 3. The van der Waals surface area contributed by atoms with Crippen LogP contribution in [-0.4, -0.2) is 16.1 Å². The predicted octanol–water partition coefficient (Wildman–Crippen LogP) is 4.91. The molecule has 2 aromatic rings. The van der Waals surface area contributed by atoms with Crippen molar-refractivity contribution in [3.63, 3.8) is 0 Å². The Balaban J connectivity index is 1.75. The van der Waals surface area contributed by atoms with Crippen LogP contribution >= 0.6 is 0 Å². The molecule has 2 aliphatic rings. The van der Waals surface area contributed by atoms with Crippen molar-refractivity contribution in [1.82, 2.24) is 0 Å². The van der Waals surface area contributed by atoms with E-state index in [9.17, 15) is 15.2 Å². The Morgan fingerprint density at radius 3 is 2.78 bits per heavy atom. The standard InChI is InChI=1S/C21H22N2O4/c1-12(2)27-14-7-8-19-17(11-14)15-4-3-5-16(15)21(22-19)18-10-13(23(25)26)6-9-20(18)24/h3-4,6-12,15-16,21-22,24H,5H2,1-2H3. The van der Waals surface area contributed by atoms with Crippen LogP contribution in [-0.2, 0) is 0 Å². The fourth-order valence-electron chi connectivity index (χ4n) is 4.13. The zero-order chi connectivity index (χ0) is 19.1. The quantitative estimate of drug-likeness (QED) is 0.456. The number of anilines is 1. The van der Waals surface area contributed by atoms with Gasteiger partial charge in [0, 0.05) is 29.3 Å². The first-order valence-electron chi connectivity index (χ1n) is 9.15. The number of hydrogen-bond acceptors (Lipinski definition) is 5. The predicted molar refractivity (Wildman–Crippen MR) is 103 cm³/mol. The normalized spacial score (nSPS) is 22.9. The first kappa shape index (κ1) is 17.4. The second kappa shape index (κ2) is 6.61. The van der Waals surface area contributed by atoms with Gasteiger partial charge in [-0.2, -0.15) is 0 Å². The summed E-state index contributed by atoms with van der Waals surface area (Å²) in [7, 11) is 0. The summed E-state index contributed by atoms with van der Waals surface area (Å²) >= 11 is 0. The minimum absolute atomic E-state index is 0.0152. The van der Waals surface area contributed by atoms with Crippen molar-refractivity contribution < 1.29 is 14.8 Å². The van der Waals surface area contributed by atoms with Gasteiger partial charge in [-0.15, -0.1) is 0 Å². The SMILES string of the molecule is CC(C)Oc1ccc2c(c1)C1C=CCC1C(c1cc([N+](=O)[O-])ccc1O)N2. The summed E-state index contributed by atoms with van der Waals surface area (Å²) in [6.07, 6.45) is 5.28. The maximum atomic E-state index is 11.2. The first-order chi connectivity index (χ1) is 12.9. The molecule has 0 saturated heterocycles. The van der Waals surface area contributed by atoms with Gasteiger partial charge in [-0.25, -0.2) is 0 Å². The maximum absolute atomic E-state index is 11.2. The minimum atomic E-state index is -0.431. The third-order valence-corrected chi connectivity index (χ3v) is 5.26. The maximum Gasteiger partial charge on any atom is 0.270 e. The molecule has 2 aromatic carbocycles. The number of allylic oxidation sites excluding steroid dienone is 2. The molecule has 0 amide bonds. The van der Waals surface area contributed by atoms with Crippen molar-refractivity contribution in [3.8, 4) is 11.5 Å². The van der Waals surface area contributed by atoms with Crippen LogP contribution in [0.5, 0.6) is 11.5 Å². The van der Waals surface area contributed by atoms with Gasteiger partial charge in [0.25, 0.3) is 5.69 Å². The number of ether oxygens (including phenoxy) is 1. The Labute approximate surface area is 157 Å². The number of nitro benzene ring substituents is 1. The van der Waals surface area contributed by atoms with Crippen LogP contribution in [0.15, 0.2) is 48.6 Å². The van der Waals surface area contributed by atoms with Crippen LogP contribution in [0.4, 0.5) is 11.4 Å². The largest absolute Gasteiger partial charge is 0.508 e. The van der Waals surface area contributed by atoms with Crippen molar-refractivity contribution in [2.75, 3.05) is 5.32 Å². The molecule has 140 valence electrons. The Hall–Kier alpha value is -3.02. The third kappa shape index (κ3) is 3.12. The lowest BCUT2D eigenvalue weighted by Crippen LogP contribution is -2.29. The smallest absolute Gasteiger partial charge is 0.270 e. The van der Waals surface area contributed by atoms with E-state index >= 15 is 0 Å². The van der Waals surface area contributed by atoms with E-state index in [1.54, 1.807) is 0 Å². The van der Waals surface area contributed by atoms with Crippen molar-refractivity contribution in [3.05, 3.63) is 69.8 Å². The van der Waals surface area contributed by atoms with E-state index in [2.05, 4.69) is 23.5 Å². The topological polar surface area (TPSA) is 84.6 Å². The van der Waals surface area contributed by atoms with Gasteiger partial charge in [-0.1, -0.05) is 12.2 Å². The molecule has 6 nitrogen and oxygen atoms in total. The number of nitrogens with one attached hydrogen (secondary N) is 1. The van der Waals surface area contributed by atoms with E-state index in [1.807, 2.05) is 26.0 Å². The van der Waals surface area contributed by atoms with Gasteiger partial charge >= 0.3 is 0 Å². The molecule has 0 saturated carbocycles. The number of rotatable bonds is 4. The van der Waals surface area contributed by atoms with Crippen LogP contribution < -0.4 is 10.1 Å². The molecule has 0 radical (unpaired) electrons. The second-order valence-electron chi connectivity index (χ2n) is 7.39. The van der Waals surface area contributed by atoms with Gasteiger partial charge in [0.2, 0.25) is 0 Å². The molecule has 0 bridgehead atoms. The molecule has 0 fully saturated rings. The minimum Gasteiger partial charge on any atom is -0.508 e. The summed E-state index contributed by atoms with van der Waals surface area (Å²) in [6.45, 7) is 3.99. The van der Waals surface area contributed by atoms with E-state index in [-0.39, 0.29) is 35.4 Å². The van der Waals surface area contributed by atoms with E-state index in [0.717, 1.165) is 23.4 Å². The number of non-ortho nitro benzene ring substituents is 1. The highest BCUT2D eigenvalue weighted by Gasteiger charge is 2.39. The Morgan fingerprint density at radius 2 is 2.04 bits per heavy atom. The van der Waals surface area contributed by atoms with Crippen molar-refractivity contribution in [2.45, 2.75) is 38.3 Å². The van der Waals surface area contributed by atoms with Gasteiger partial charge in [-0.3, -0.25) is 10.1 Å². The molecule has 1 aliphatic carbocycles. The molecular weight excluding hydrogens is 344 g/mol. The first-order valence-corrected chi connectivity index (χ1v) is 9.15. The van der Waals surface area contributed by atoms with Crippen molar-refractivity contribution in [2.24, 2.45) is 5.92 Å². The zero-order valence-electron chi connectivity index (χ0n) is 15.3. The van der Waals surface area contributed by atoms with E-state index in [0.29, 0.717) is 5.56 Å². The summed E-state index contributed by atoms with van der Waals surface area (Å²) in [5.41, 5.74) is 2.68. The average Bonchev–Trinajstić information content (AvgIpc) is 3.11. The number of nitro groups is 1. The number of benzene rings is 2. The molecule has 3 atom stereocenters. The van der Waals surface area contributed by atoms with Crippen LogP contribution in [0.25, 0.3) is 0 Å². The number of aromatic hydroxyl groups is 1.